The molecule has 0 radical (unpaired) electrons. The van der Waals surface area contributed by atoms with Crippen molar-refractivity contribution in [2.75, 3.05) is 0 Å². The molecule has 0 fully saturated rings. The van der Waals surface area contributed by atoms with Gasteiger partial charge in [0.2, 0.25) is 5.91 Å². The van der Waals surface area contributed by atoms with Crippen LogP contribution in [-0.2, 0) is 4.79 Å². The molecule has 1 aromatic rings. The Bertz CT molecular complexity index is 387. The second kappa shape index (κ2) is 4.83. The van der Waals surface area contributed by atoms with E-state index in [4.69, 9.17) is 5.26 Å². The molecule has 0 heterocycles. The van der Waals surface area contributed by atoms with E-state index < -0.39 is 0 Å². The number of allylic oxidation sites excluding steroid dienone is 1. The highest BCUT2D eigenvalue weighted by molar-refractivity contribution is 5.85. The summed E-state index contributed by atoms with van der Waals surface area (Å²) >= 11 is 0. The predicted molar refractivity (Wildman–Crippen MR) is 53.8 cm³/mol. The van der Waals surface area contributed by atoms with Crippen molar-refractivity contribution in [3.8, 4) is 6.07 Å². The van der Waals surface area contributed by atoms with E-state index in [0.717, 1.165) is 5.56 Å². The minimum absolute atomic E-state index is 0.185. The van der Waals surface area contributed by atoms with Gasteiger partial charge in [-0.2, -0.15) is 5.26 Å². The monoisotopic (exact) mass is 186 g/mol. The van der Waals surface area contributed by atoms with Gasteiger partial charge in [-0.1, -0.05) is 30.3 Å². The fourth-order valence-corrected chi connectivity index (χ4v) is 1.06. The van der Waals surface area contributed by atoms with Crippen molar-refractivity contribution in [2.24, 2.45) is 0 Å². The lowest BCUT2D eigenvalue weighted by Gasteiger charge is -2.05. The normalized spacial score (nSPS) is 10.4. The molecule has 14 heavy (non-hydrogen) atoms. The number of nitrogens with zero attached hydrogens (tertiary/aromatic N) is 1. The molecule has 0 atom stereocenters. The Morgan fingerprint density at radius 2 is 2.07 bits per heavy atom. The SMILES string of the molecule is CC(=O)NC(=CC#N)c1ccccc1. The molecule has 0 aromatic heterocycles. The highest BCUT2D eigenvalue weighted by Crippen LogP contribution is 2.09. The van der Waals surface area contributed by atoms with Crippen molar-refractivity contribution in [3.05, 3.63) is 42.0 Å². The summed E-state index contributed by atoms with van der Waals surface area (Å²) in [6.45, 7) is 1.41. The number of nitriles is 1. The zero-order chi connectivity index (χ0) is 10.4. The minimum atomic E-state index is -0.185. The molecule has 1 aromatic carbocycles. The fourth-order valence-electron chi connectivity index (χ4n) is 1.06. The van der Waals surface area contributed by atoms with E-state index in [-0.39, 0.29) is 5.91 Å². The third-order valence-corrected chi connectivity index (χ3v) is 1.60. The molecule has 3 heteroatoms. The first kappa shape index (κ1) is 10.0. The minimum Gasteiger partial charge on any atom is -0.325 e. The van der Waals surface area contributed by atoms with Crippen molar-refractivity contribution in [1.29, 1.82) is 5.26 Å². The van der Waals surface area contributed by atoms with Crippen LogP contribution >= 0.6 is 0 Å². The highest BCUT2D eigenvalue weighted by Gasteiger charge is 2.01. The van der Waals surface area contributed by atoms with E-state index >= 15 is 0 Å². The van der Waals surface area contributed by atoms with Crippen LogP contribution in [-0.4, -0.2) is 5.91 Å². The van der Waals surface area contributed by atoms with Crippen LogP contribution in [0.15, 0.2) is 36.4 Å². The van der Waals surface area contributed by atoms with E-state index in [1.165, 1.54) is 13.0 Å². The van der Waals surface area contributed by atoms with E-state index in [1.807, 2.05) is 36.4 Å². The van der Waals surface area contributed by atoms with Gasteiger partial charge >= 0.3 is 0 Å². The summed E-state index contributed by atoms with van der Waals surface area (Å²) in [6.07, 6.45) is 1.32. The van der Waals surface area contributed by atoms with Gasteiger partial charge in [0.1, 0.15) is 0 Å². The van der Waals surface area contributed by atoms with Gasteiger partial charge in [0.05, 0.1) is 11.8 Å². The summed E-state index contributed by atoms with van der Waals surface area (Å²) in [7, 11) is 0. The molecular weight excluding hydrogens is 176 g/mol. The van der Waals surface area contributed by atoms with Crippen molar-refractivity contribution in [2.45, 2.75) is 6.92 Å². The van der Waals surface area contributed by atoms with E-state index in [9.17, 15) is 4.79 Å². The fraction of sp³-hybridized carbons (Fsp3) is 0.0909. The first-order valence-electron chi connectivity index (χ1n) is 4.17. The van der Waals surface area contributed by atoms with E-state index in [2.05, 4.69) is 5.32 Å². The maximum Gasteiger partial charge on any atom is 0.221 e. The Kier molecular flexibility index (Phi) is 3.45. The second-order valence-corrected chi connectivity index (χ2v) is 2.73. The second-order valence-electron chi connectivity index (χ2n) is 2.73. The standard InChI is InChI=1S/C11H10N2O/c1-9(14)13-11(7-8-12)10-5-3-2-4-6-10/h2-7H,1H3,(H,13,14). The van der Waals surface area contributed by atoms with Gasteiger partial charge in [0, 0.05) is 13.0 Å². The lowest BCUT2D eigenvalue weighted by Crippen LogP contribution is -2.17. The van der Waals surface area contributed by atoms with Crippen molar-refractivity contribution >= 4 is 11.6 Å². The van der Waals surface area contributed by atoms with Crippen LogP contribution in [0.5, 0.6) is 0 Å². The maximum absolute atomic E-state index is 10.8. The number of carbonyl (C=O) groups is 1. The van der Waals surface area contributed by atoms with Gasteiger partial charge in [-0.05, 0) is 5.56 Å². The molecule has 0 aliphatic carbocycles. The van der Waals surface area contributed by atoms with Gasteiger partial charge in [-0.25, -0.2) is 0 Å². The third-order valence-electron chi connectivity index (χ3n) is 1.60. The molecule has 0 aliphatic rings. The Hall–Kier alpha value is -2.08. The molecule has 3 nitrogen and oxygen atoms in total. The molecule has 0 unspecified atom stereocenters. The first-order chi connectivity index (χ1) is 6.74. The molecule has 0 saturated carbocycles. The number of hydrogen-bond donors (Lipinski definition) is 1. The summed E-state index contributed by atoms with van der Waals surface area (Å²) in [5.41, 5.74) is 1.35. The Morgan fingerprint density at radius 1 is 1.43 bits per heavy atom. The molecule has 1 rings (SSSR count). The maximum atomic E-state index is 10.8. The quantitative estimate of drug-likeness (QED) is 0.714. The highest BCUT2D eigenvalue weighted by atomic mass is 16.1. The number of benzene rings is 1. The first-order valence-corrected chi connectivity index (χ1v) is 4.17. The summed E-state index contributed by atoms with van der Waals surface area (Å²) in [5.74, 6) is -0.185. The van der Waals surface area contributed by atoms with Crippen molar-refractivity contribution < 1.29 is 4.79 Å². The number of hydrogen-bond acceptors (Lipinski definition) is 2. The summed E-state index contributed by atoms with van der Waals surface area (Å²) in [4.78, 5) is 10.8. The van der Waals surface area contributed by atoms with Crippen LogP contribution in [0.4, 0.5) is 0 Å². The molecule has 0 saturated heterocycles. The Balaban J connectivity index is 2.97. The number of rotatable bonds is 2. The zero-order valence-corrected chi connectivity index (χ0v) is 7.82. The van der Waals surface area contributed by atoms with Crippen molar-refractivity contribution in [1.82, 2.24) is 5.32 Å². The Labute approximate surface area is 82.7 Å². The Morgan fingerprint density at radius 3 is 2.57 bits per heavy atom. The van der Waals surface area contributed by atoms with Crippen LogP contribution in [0, 0.1) is 11.3 Å². The van der Waals surface area contributed by atoms with Crippen molar-refractivity contribution in [3.63, 3.8) is 0 Å². The lowest BCUT2D eigenvalue weighted by molar-refractivity contribution is -0.117. The van der Waals surface area contributed by atoms with E-state index in [0.29, 0.717) is 5.70 Å². The van der Waals surface area contributed by atoms with Crippen LogP contribution in [0.3, 0.4) is 0 Å². The largest absolute Gasteiger partial charge is 0.325 e. The van der Waals surface area contributed by atoms with Crippen LogP contribution in [0.1, 0.15) is 12.5 Å². The summed E-state index contributed by atoms with van der Waals surface area (Å²) in [6, 6.07) is 11.1. The van der Waals surface area contributed by atoms with Gasteiger partial charge < -0.3 is 5.32 Å². The molecule has 0 aliphatic heterocycles. The summed E-state index contributed by atoms with van der Waals surface area (Å²) < 4.78 is 0. The van der Waals surface area contributed by atoms with Crippen LogP contribution in [0.2, 0.25) is 0 Å². The van der Waals surface area contributed by atoms with Gasteiger partial charge in [0.25, 0.3) is 0 Å². The van der Waals surface area contributed by atoms with Gasteiger partial charge in [-0.15, -0.1) is 0 Å². The van der Waals surface area contributed by atoms with E-state index in [1.54, 1.807) is 0 Å². The molecule has 1 N–H and O–H groups in total. The summed E-state index contributed by atoms with van der Waals surface area (Å²) in [5, 5.41) is 11.1. The molecule has 0 bridgehead atoms. The average molecular weight is 186 g/mol. The number of amides is 1. The zero-order valence-electron chi connectivity index (χ0n) is 7.82. The van der Waals surface area contributed by atoms with Gasteiger partial charge in [0.15, 0.2) is 0 Å². The van der Waals surface area contributed by atoms with Crippen LogP contribution in [0.25, 0.3) is 5.70 Å². The number of nitrogens with one attached hydrogen (secondary N) is 1. The average Bonchev–Trinajstić information content (AvgIpc) is 2.18. The van der Waals surface area contributed by atoms with Gasteiger partial charge in [-0.3, -0.25) is 4.79 Å². The third kappa shape index (κ3) is 2.76. The predicted octanol–water partition coefficient (Wildman–Crippen LogP) is 1.69. The van der Waals surface area contributed by atoms with Crippen LogP contribution < -0.4 is 5.32 Å². The topological polar surface area (TPSA) is 52.9 Å². The lowest BCUT2D eigenvalue weighted by atomic mass is 10.1. The molecular formula is C11H10N2O. The molecule has 1 amide bonds. The smallest absolute Gasteiger partial charge is 0.221 e. The molecule has 0 spiro atoms. The number of carbonyl (C=O) groups excluding carboxylic acids is 1. The molecule has 70 valence electrons.